The van der Waals surface area contributed by atoms with E-state index in [1.807, 2.05) is 0 Å². The number of methoxy groups -OCH3 is 2. The van der Waals surface area contributed by atoms with Crippen LogP contribution < -0.4 is 5.32 Å². The highest BCUT2D eigenvalue weighted by Gasteiger charge is 2.24. The SMILES string of the molecule is COC(=O)C(=CNc1c[nH]c(C)c1C(=O)OC(C)(C)C)C(=O)OC. The molecule has 0 aliphatic carbocycles. The molecule has 0 bridgehead atoms. The Labute approximate surface area is 140 Å². The molecule has 1 aromatic rings. The van der Waals surface area contributed by atoms with Gasteiger partial charge in [-0.25, -0.2) is 14.4 Å². The number of aromatic nitrogens is 1. The molecule has 0 saturated carbocycles. The van der Waals surface area contributed by atoms with Crippen LogP contribution in [0, 0.1) is 6.92 Å². The number of carbonyl (C=O) groups is 3. The van der Waals surface area contributed by atoms with E-state index in [4.69, 9.17) is 4.74 Å². The Kier molecular flexibility index (Phi) is 6.16. The number of rotatable bonds is 5. The molecule has 132 valence electrons. The lowest BCUT2D eigenvalue weighted by atomic mass is 10.1. The maximum Gasteiger partial charge on any atom is 0.346 e. The fourth-order valence-corrected chi connectivity index (χ4v) is 1.80. The predicted molar refractivity (Wildman–Crippen MR) is 86.4 cm³/mol. The Morgan fingerprint density at radius 2 is 1.67 bits per heavy atom. The van der Waals surface area contributed by atoms with Crippen molar-refractivity contribution >= 4 is 23.6 Å². The first kappa shape index (κ1) is 19.3. The number of anilines is 1. The molecule has 8 heteroatoms. The van der Waals surface area contributed by atoms with E-state index in [1.165, 1.54) is 6.20 Å². The second-order valence-electron chi connectivity index (χ2n) is 5.89. The van der Waals surface area contributed by atoms with Gasteiger partial charge in [-0.15, -0.1) is 0 Å². The van der Waals surface area contributed by atoms with E-state index in [-0.39, 0.29) is 11.1 Å². The van der Waals surface area contributed by atoms with E-state index in [0.717, 1.165) is 20.4 Å². The van der Waals surface area contributed by atoms with Gasteiger partial charge in [-0.3, -0.25) is 0 Å². The van der Waals surface area contributed by atoms with Gasteiger partial charge >= 0.3 is 17.9 Å². The van der Waals surface area contributed by atoms with E-state index < -0.39 is 23.5 Å². The fraction of sp³-hybridized carbons (Fsp3) is 0.438. The third-order valence-electron chi connectivity index (χ3n) is 2.86. The molecule has 0 saturated heterocycles. The molecule has 0 aromatic carbocycles. The van der Waals surface area contributed by atoms with Crippen molar-refractivity contribution in [1.29, 1.82) is 0 Å². The normalized spacial score (nSPS) is 10.6. The number of nitrogens with one attached hydrogen (secondary N) is 2. The summed E-state index contributed by atoms with van der Waals surface area (Å²) in [6.07, 6.45) is 2.64. The second kappa shape index (κ2) is 7.67. The first-order chi connectivity index (χ1) is 11.1. The molecular formula is C16H22N2O6. The van der Waals surface area contributed by atoms with E-state index >= 15 is 0 Å². The first-order valence-electron chi connectivity index (χ1n) is 7.15. The summed E-state index contributed by atoms with van der Waals surface area (Å²) < 4.78 is 14.4. The minimum Gasteiger partial charge on any atom is -0.465 e. The predicted octanol–water partition coefficient (Wildman–Crippen LogP) is 1.92. The molecular weight excluding hydrogens is 316 g/mol. The molecule has 0 spiro atoms. The van der Waals surface area contributed by atoms with Crippen LogP contribution in [0.4, 0.5) is 5.69 Å². The smallest absolute Gasteiger partial charge is 0.346 e. The van der Waals surface area contributed by atoms with Crippen LogP contribution in [0.25, 0.3) is 0 Å². The number of ether oxygens (including phenoxy) is 3. The molecule has 24 heavy (non-hydrogen) atoms. The van der Waals surface area contributed by atoms with E-state index in [9.17, 15) is 14.4 Å². The summed E-state index contributed by atoms with van der Waals surface area (Å²) in [5.41, 5.74) is 0.214. The highest BCUT2D eigenvalue weighted by atomic mass is 16.6. The Hall–Kier alpha value is -2.77. The maximum absolute atomic E-state index is 12.3. The zero-order chi connectivity index (χ0) is 18.5. The Morgan fingerprint density at radius 3 is 2.12 bits per heavy atom. The van der Waals surface area contributed by atoms with Crippen molar-refractivity contribution in [1.82, 2.24) is 4.98 Å². The third-order valence-corrected chi connectivity index (χ3v) is 2.86. The number of hydrogen-bond acceptors (Lipinski definition) is 7. The average Bonchev–Trinajstić information content (AvgIpc) is 2.85. The lowest BCUT2D eigenvalue weighted by Crippen LogP contribution is -2.24. The van der Waals surface area contributed by atoms with Crippen molar-refractivity contribution in [3.05, 3.63) is 29.2 Å². The van der Waals surface area contributed by atoms with Crippen LogP contribution in [0.5, 0.6) is 0 Å². The van der Waals surface area contributed by atoms with Crippen LogP contribution >= 0.6 is 0 Å². The van der Waals surface area contributed by atoms with Crippen molar-refractivity contribution in [3.63, 3.8) is 0 Å². The summed E-state index contributed by atoms with van der Waals surface area (Å²) in [5, 5.41) is 2.74. The highest BCUT2D eigenvalue weighted by Crippen LogP contribution is 2.23. The minimum absolute atomic E-state index is 0.273. The number of esters is 3. The van der Waals surface area contributed by atoms with Gasteiger partial charge in [-0.05, 0) is 27.7 Å². The van der Waals surface area contributed by atoms with Crippen LogP contribution in [0.2, 0.25) is 0 Å². The molecule has 0 unspecified atom stereocenters. The summed E-state index contributed by atoms with van der Waals surface area (Å²) >= 11 is 0. The van der Waals surface area contributed by atoms with E-state index in [1.54, 1.807) is 27.7 Å². The third kappa shape index (κ3) is 4.87. The van der Waals surface area contributed by atoms with Crippen LogP contribution in [0.15, 0.2) is 18.0 Å². The second-order valence-corrected chi connectivity index (χ2v) is 5.89. The lowest BCUT2D eigenvalue weighted by molar-refractivity contribution is -0.144. The Morgan fingerprint density at radius 1 is 1.12 bits per heavy atom. The van der Waals surface area contributed by atoms with Gasteiger partial charge in [0.1, 0.15) is 11.2 Å². The molecule has 0 fully saturated rings. The van der Waals surface area contributed by atoms with Crippen molar-refractivity contribution in [2.24, 2.45) is 0 Å². The van der Waals surface area contributed by atoms with E-state index in [2.05, 4.69) is 19.8 Å². The van der Waals surface area contributed by atoms with Gasteiger partial charge in [-0.2, -0.15) is 0 Å². The summed E-state index contributed by atoms with van der Waals surface area (Å²) in [7, 11) is 2.29. The molecule has 0 aliphatic heterocycles. The number of aryl methyl sites for hydroxylation is 1. The molecule has 0 radical (unpaired) electrons. The minimum atomic E-state index is -0.861. The number of H-pyrrole nitrogens is 1. The van der Waals surface area contributed by atoms with Crippen molar-refractivity contribution < 1.29 is 28.6 Å². The zero-order valence-electron chi connectivity index (χ0n) is 14.6. The fourth-order valence-electron chi connectivity index (χ4n) is 1.80. The van der Waals surface area contributed by atoms with Gasteiger partial charge in [0.15, 0.2) is 5.57 Å². The van der Waals surface area contributed by atoms with Gasteiger partial charge in [-0.1, -0.05) is 0 Å². The van der Waals surface area contributed by atoms with Crippen LogP contribution in [-0.2, 0) is 23.8 Å². The first-order valence-corrected chi connectivity index (χ1v) is 7.15. The monoisotopic (exact) mass is 338 g/mol. The van der Waals surface area contributed by atoms with Crippen molar-refractivity contribution in [2.45, 2.75) is 33.3 Å². The van der Waals surface area contributed by atoms with Gasteiger partial charge in [0.25, 0.3) is 0 Å². The van der Waals surface area contributed by atoms with Crippen molar-refractivity contribution in [3.8, 4) is 0 Å². The summed E-state index contributed by atoms with van der Waals surface area (Å²) in [6, 6.07) is 0. The summed E-state index contributed by atoms with van der Waals surface area (Å²) in [6.45, 7) is 6.97. The van der Waals surface area contributed by atoms with E-state index in [0.29, 0.717) is 11.4 Å². The summed E-state index contributed by atoms with van der Waals surface area (Å²) in [5.74, 6) is -2.25. The number of aromatic amines is 1. The quantitative estimate of drug-likeness (QED) is 0.278. The maximum atomic E-state index is 12.3. The summed E-state index contributed by atoms with van der Waals surface area (Å²) in [4.78, 5) is 38.4. The molecule has 2 N–H and O–H groups in total. The lowest BCUT2D eigenvalue weighted by Gasteiger charge is -2.20. The molecule has 1 heterocycles. The zero-order valence-corrected chi connectivity index (χ0v) is 14.6. The molecule has 8 nitrogen and oxygen atoms in total. The Balaban J connectivity index is 3.12. The van der Waals surface area contributed by atoms with Gasteiger partial charge in [0, 0.05) is 18.1 Å². The molecule has 0 amide bonds. The van der Waals surface area contributed by atoms with Crippen LogP contribution in [0.1, 0.15) is 36.8 Å². The molecule has 0 aliphatic rings. The number of carbonyl (C=O) groups excluding carboxylic acids is 3. The van der Waals surface area contributed by atoms with Gasteiger partial charge in [0.05, 0.1) is 19.9 Å². The highest BCUT2D eigenvalue weighted by molar-refractivity contribution is 6.14. The molecule has 0 atom stereocenters. The average molecular weight is 338 g/mol. The van der Waals surface area contributed by atoms with Gasteiger partial charge in [0.2, 0.25) is 0 Å². The van der Waals surface area contributed by atoms with Gasteiger partial charge < -0.3 is 24.5 Å². The standard InChI is InChI=1S/C16H22N2O6/c1-9-12(15(21)24-16(2,3)4)11(8-17-9)18-7-10(13(19)22-5)14(20)23-6/h7-8,17-18H,1-6H3. The largest absolute Gasteiger partial charge is 0.465 e. The van der Waals surface area contributed by atoms with Crippen molar-refractivity contribution in [2.75, 3.05) is 19.5 Å². The number of hydrogen-bond donors (Lipinski definition) is 2. The topological polar surface area (TPSA) is 107 Å². The van der Waals surface area contributed by atoms with Crippen LogP contribution in [0.3, 0.4) is 0 Å². The Bertz CT molecular complexity index is 649. The van der Waals surface area contributed by atoms with Crippen LogP contribution in [-0.4, -0.2) is 42.7 Å². The molecule has 1 aromatic heterocycles. The molecule has 1 rings (SSSR count).